The zero-order chi connectivity index (χ0) is 20.0. The van der Waals surface area contributed by atoms with Crippen LogP contribution < -0.4 is 21.2 Å². The maximum absolute atomic E-state index is 12.9. The minimum Gasteiger partial charge on any atom is -0.497 e. The maximum atomic E-state index is 12.9. The Morgan fingerprint density at radius 1 is 1.18 bits per heavy atom. The molecule has 0 bridgehead atoms. The third-order valence-corrected chi connectivity index (χ3v) is 6.00. The molecule has 0 saturated carbocycles. The lowest BCUT2D eigenvalue weighted by Gasteiger charge is -2.15. The summed E-state index contributed by atoms with van der Waals surface area (Å²) >= 11 is 1.27. The van der Waals surface area contributed by atoms with Gasteiger partial charge in [0.2, 0.25) is 5.91 Å². The second-order valence-corrected chi connectivity index (χ2v) is 8.01. The molecule has 1 aliphatic heterocycles. The lowest BCUT2D eigenvalue weighted by atomic mass is 10.1. The molecule has 0 unspecified atom stereocenters. The fourth-order valence-corrected chi connectivity index (χ4v) is 4.53. The van der Waals surface area contributed by atoms with E-state index in [0.717, 1.165) is 5.39 Å². The van der Waals surface area contributed by atoms with Crippen LogP contribution in [0.25, 0.3) is 10.9 Å². The van der Waals surface area contributed by atoms with E-state index in [1.54, 1.807) is 23.9 Å². The van der Waals surface area contributed by atoms with E-state index < -0.39 is 5.25 Å². The van der Waals surface area contributed by atoms with Crippen molar-refractivity contribution in [3.05, 3.63) is 56.1 Å². The summed E-state index contributed by atoms with van der Waals surface area (Å²) < 4.78 is 6.84. The Balaban J connectivity index is 1.92. The molecule has 1 atom stereocenters. The minimum atomic E-state index is -0.562. The number of amides is 1. The molecule has 0 aliphatic carbocycles. The molecule has 146 valence electrons. The number of benzene rings is 1. The second kappa shape index (κ2) is 6.90. The predicted octanol–water partition coefficient (Wildman–Crippen LogP) is 2.38. The van der Waals surface area contributed by atoms with Crippen LogP contribution >= 0.6 is 11.8 Å². The molecule has 0 radical (unpaired) electrons. The molecule has 28 heavy (non-hydrogen) atoms. The van der Waals surface area contributed by atoms with Crippen LogP contribution in [-0.4, -0.2) is 33.5 Å². The molecular weight excluding hydrogens is 380 g/mol. The summed E-state index contributed by atoms with van der Waals surface area (Å²) in [4.78, 5) is 40.7. The third-order valence-electron chi connectivity index (χ3n) is 4.74. The Morgan fingerprint density at radius 3 is 2.68 bits per heavy atom. The summed E-state index contributed by atoms with van der Waals surface area (Å²) in [5, 5.41) is 5.84. The van der Waals surface area contributed by atoms with Gasteiger partial charge >= 0.3 is 0 Å². The summed E-state index contributed by atoms with van der Waals surface area (Å²) in [6.07, 6.45) is 0. The smallest absolute Gasteiger partial charge is 0.270 e. The number of nitrogens with zero attached hydrogens (tertiary/aromatic N) is 1. The van der Waals surface area contributed by atoms with E-state index in [2.05, 4.69) is 15.4 Å². The fraction of sp³-hybridized carbons (Fsp3) is 0.316. The van der Waals surface area contributed by atoms with Crippen molar-refractivity contribution >= 4 is 34.4 Å². The topological polar surface area (TPSA) is 109 Å². The first-order valence-corrected chi connectivity index (χ1v) is 9.90. The number of methoxy groups -OCH3 is 1. The van der Waals surface area contributed by atoms with Gasteiger partial charge in [0.25, 0.3) is 11.1 Å². The summed E-state index contributed by atoms with van der Waals surface area (Å²) in [6.45, 7) is 3.82. The molecule has 3 aromatic rings. The highest BCUT2D eigenvalue weighted by molar-refractivity contribution is 8.00. The third kappa shape index (κ3) is 3.01. The molecule has 1 aromatic carbocycles. The number of aromatic nitrogens is 3. The van der Waals surface area contributed by atoms with Crippen LogP contribution in [0.2, 0.25) is 0 Å². The Morgan fingerprint density at radius 2 is 1.96 bits per heavy atom. The van der Waals surface area contributed by atoms with Crippen molar-refractivity contribution in [2.45, 2.75) is 25.1 Å². The number of ether oxygens (including phenoxy) is 1. The summed E-state index contributed by atoms with van der Waals surface area (Å²) in [7, 11) is 1.56. The van der Waals surface area contributed by atoms with Crippen molar-refractivity contribution in [3.63, 3.8) is 0 Å². The van der Waals surface area contributed by atoms with Crippen LogP contribution in [0.5, 0.6) is 5.75 Å². The van der Waals surface area contributed by atoms with Crippen LogP contribution in [0.15, 0.2) is 33.9 Å². The van der Waals surface area contributed by atoms with E-state index in [-0.39, 0.29) is 28.8 Å². The van der Waals surface area contributed by atoms with Crippen LogP contribution in [0.4, 0.5) is 5.82 Å². The van der Waals surface area contributed by atoms with Crippen LogP contribution in [0.1, 0.15) is 36.3 Å². The number of carbonyl (C=O) groups is 1. The van der Waals surface area contributed by atoms with Gasteiger partial charge in [0, 0.05) is 17.7 Å². The number of H-pyrrole nitrogens is 2. The molecule has 1 amide bonds. The van der Waals surface area contributed by atoms with Crippen LogP contribution in [0.3, 0.4) is 0 Å². The van der Waals surface area contributed by atoms with Crippen molar-refractivity contribution in [3.8, 4) is 5.75 Å². The van der Waals surface area contributed by atoms with E-state index in [4.69, 9.17) is 4.74 Å². The number of pyridine rings is 1. The quantitative estimate of drug-likeness (QED) is 0.625. The van der Waals surface area contributed by atoms with E-state index in [1.807, 2.05) is 26.0 Å². The number of aromatic amines is 2. The number of hydrogen-bond acceptors (Lipinski definition) is 5. The molecule has 9 heteroatoms. The highest BCUT2D eigenvalue weighted by Crippen LogP contribution is 2.39. The molecule has 0 spiro atoms. The molecule has 1 aliphatic rings. The van der Waals surface area contributed by atoms with E-state index in [1.165, 1.54) is 11.8 Å². The summed E-state index contributed by atoms with van der Waals surface area (Å²) in [5.41, 5.74) is 0.873. The first kappa shape index (κ1) is 18.4. The van der Waals surface area contributed by atoms with Gasteiger partial charge < -0.3 is 15.0 Å². The first-order chi connectivity index (χ1) is 13.4. The molecule has 3 heterocycles. The van der Waals surface area contributed by atoms with Gasteiger partial charge in [-0.3, -0.25) is 24.2 Å². The van der Waals surface area contributed by atoms with Crippen LogP contribution in [-0.2, 0) is 4.79 Å². The SMILES string of the molecule is COc1ccc2cc([C@@H]3SCC(=O)Nc4c3c(=O)[nH]n4C(C)C)c(=O)[nH]c2c1. The molecule has 4 rings (SSSR count). The Kier molecular flexibility index (Phi) is 4.54. The van der Waals surface area contributed by atoms with Crippen molar-refractivity contribution in [1.82, 2.24) is 14.8 Å². The zero-order valence-electron chi connectivity index (χ0n) is 15.7. The predicted molar refractivity (Wildman–Crippen MR) is 109 cm³/mol. The monoisotopic (exact) mass is 400 g/mol. The average Bonchev–Trinajstić information content (AvgIpc) is 2.87. The molecule has 2 aromatic heterocycles. The molecule has 0 saturated heterocycles. The van der Waals surface area contributed by atoms with E-state index in [9.17, 15) is 14.4 Å². The number of carbonyl (C=O) groups excluding carboxylic acids is 1. The molecule has 8 nitrogen and oxygen atoms in total. The van der Waals surface area contributed by atoms with E-state index >= 15 is 0 Å². The van der Waals surface area contributed by atoms with Gasteiger partial charge in [0.15, 0.2) is 0 Å². The van der Waals surface area contributed by atoms with Crippen molar-refractivity contribution in [2.75, 3.05) is 18.2 Å². The number of fused-ring (bicyclic) bond motifs is 2. The van der Waals surface area contributed by atoms with Gasteiger partial charge in [-0.1, -0.05) is 0 Å². The number of nitrogens with one attached hydrogen (secondary N) is 3. The number of hydrogen-bond donors (Lipinski definition) is 3. The highest BCUT2D eigenvalue weighted by atomic mass is 32.2. The van der Waals surface area contributed by atoms with Crippen molar-refractivity contribution in [2.24, 2.45) is 0 Å². The largest absolute Gasteiger partial charge is 0.497 e. The molecular formula is C19H20N4O4S. The maximum Gasteiger partial charge on any atom is 0.270 e. The average molecular weight is 400 g/mol. The van der Waals surface area contributed by atoms with Crippen LogP contribution in [0, 0.1) is 0 Å². The van der Waals surface area contributed by atoms with Gasteiger partial charge in [0.1, 0.15) is 11.6 Å². The lowest BCUT2D eigenvalue weighted by molar-refractivity contribution is -0.113. The van der Waals surface area contributed by atoms with Gasteiger partial charge in [-0.15, -0.1) is 11.8 Å². The van der Waals surface area contributed by atoms with Gasteiger partial charge in [-0.05, 0) is 37.4 Å². The number of rotatable bonds is 3. The second-order valence-electron chi connectivity index (χ2n) is 6.91. The Labute approximate surface area is 164 Å². The van der Waals surface area contributed by atoms with Crippen molar-refractivity contribution < 1.29 is 9.53 Å². The van der Waals surface area contributed by atoms with E-state index in [0.29, 0.717) is 28.2 Å². The lowest BCUT2D eigenvalue weighted by Crippen LogP contribution is -2.19. The number of anilines is 1. The normalized spacial score (nSPS) is 16.7. The Hall–Kier alpha value is -2.94. The summed E-state index contributed by atoms with van der Waals surface area (Å²) in [6, 6.07) is 7.13. The zero-order valence-corrected chi connectivity index (χ0v) is 16.5. The van der Waals surface area contributed by atoms with Gasteiger partial charge in [-0.2, -0.15) is 0 Å². The Bertz CT molecular complexity index is 1190. The summed E-state index contributed by atoms with van der Waals surface area (Å²) in [5.74, 6) is 1.01. The minimum absolute atomic E-state index is 0.0529. The highest BCUT2D eigenvalue weighted by Gasteiger charge is 2.32. The van der Waals surface area contributed by atoms with Gasteiger partial charge in [-0.25, -0.2) is 0 Å². The molecule has 0 fully saturated rings. The van der Waals surface area contributed by atoms with Gasteiger partial charge in [0.05, 0.1) is 29.2 Å². The van der Waals surface area contributed by atoms with Crippen molar-refractivity contribution in [1.29, 1.82) is 0 Å². The molecule has 3 N–H and O–H groups in total. The fourth-order valence-electron chi connectivity index (χ4n) is 3.40. The number of thioether (sulfide) groups is 1. The standard InChI is InChI=1S/C19H20N4O4S/c1-9(2)23-17-15(19(26)22-23)16(28-8-14(24)21-17)12-6-10-4-5-11(27-3)7-13(10)20-18(12)25/h4-7,9,16H,8H2,1-3H3,(H,20,25)(H,21,24)(H,22,26)/t16-/m0/s1. The first-order valence-electron chi connectivity index (χ1n) is 8.86.